The summed E-state index contributed by atoms with van der Waals surface area (Å²) in [7, 11) is -8.61. The summed E-state index contributed by atoms with van der Waals surface area (Å²) in [5.41, 5.74) is 1.67. The standard InChI is InChI=1S/C18H18N2O6S4/c1-3-19-13-7-5-11(29(21,22)23)9-15(13)27-17(19)18-20(4-2)14-8-6-12(30(24,25)26)10-16(14)28-18/h5-10H,3-4H2,1-2H3,(H,21,22,23)(H,24,25,26)/b18-17+. The molecule has 0 radical (unpaired) electrons. The normalized spacial score (nSPS) is 18.7. The fourth-order valence-electron chi connectivity index (χ4n) is 3.40. The maximum atomic E-state index is 11.5. The van der Waals surface area contributed by atoms with Crippen molar-refractivity contribution < 1.29 is 25.9 Å². The molecule has 12 heteroatoms. The summed E-state index contributed by atoms with van der Waals surface area (Å²) in [5.74, 6) is 0. The van der Waals surface area contributed by atoms with Gasteiger partial charge in [0.25, 0.3) is 20.2 Å². The molecule has 2 aliphatic heterocycles. The van der Waals surface area contributed by atoms with Crippen molar-refractivity contribution in [1.29, 1.82) is 0 Å². The summed E-state index contributed by atoms with van der Waals surface area (Å²) in [4.78, 5) is 5.19. The molecule has 0 spiro atoms. The summed E-state index contributed by atoms with van der Waals surface area (Å²) in [5, 5.41) is 1.77. The first-order valence-corrected chi connectivity index (χ1v) is 13.4. The summed E-state index contributed by atoms with van der Waals surface area (Å²) < 4.78 is 64.8. The van der Waals surface area contributed by atoms with Crippen LogP contribution in [0.25, 0.3) is 0 Å². The number of hydrogen-bond acceptors (Lipinski definition) is 8. The van der Waals surface area contributed by atoms with Crippen molar-refractivity contribution in [3.8, 4) is 0 Å². The third kappa shape index (κ3) is 3.61. The van der Waals surface area contributed by atoms with E-state index in [4.69, 9.17) is 0 Å². The molecule has 0 aliphatic carbocycles. The van der Waals surface area contributed by atoms with Crippen molar-refractivity contribution in [2.75, 3.05) is 22.9 Å². The Bertz CT molecular complexity index is 1190. The zero-order chi connectivity index (χ0) is 21.8. The highest BCUT2D eigenvalue weighted by Gasteiger charge is 2.35. The summed E-state index contributed by atoms with van der Waals surface area (Å²) in [6.07, 6.45) is 0. The minimum Gasteiger partial charge on any atom is -0.333 e. The molecule has 0 saturated carbocycles. The molecular weight excluding hydrogens is 468 g/mol. The van der Waals surface area contributed by atoms with E-state index in [0.717, 1.165) is 21.4 Å². The first-order valence-electron chi connectivity index (χ1n) is 8.92. The lowest BCUT2D eigenvalue weighted by Crippen LogP contribution is -2.24. The Labute approximate surface area is 183 Å². The third-order valence-corrected chi connectivity index (χ3v) is 8.90. The topological polar surface area (TPSA) is 115 Å². The predicted molar refractivity (Wildman–Crippen MR) is 117 cm³/mol. The van der Waals surface area contributed by atoms with Gasteiger partial charge in [-0.05, 0) is 50.2 Å². The van der Waals surface area contributed by atoms with E-state index in [1.807, 2.05) is 23.6 Å². The van der Waals surface area contributed by atoms with Crippen LogP contribution in [0.5, 0.6) is 0 Å². The minimum absolute atomic E-state index is 0.163. The van der Waals surface area contributed by atoms with Crippen LogP contribution in [-0.4, -0.2) is 39.0 Å². The molecule has 4 rings (SSSR count). The Morgan fingerprint density at radius 3 is 1.40 bits per heavy atom. The largest absolute Gasteiger partial charge is 0.333 e. The Morgan fingerprint density at radius 2 is 1.10 bits per heavy atom. The zero-order valence-corrected chi connectivity index (χ0v) is 19.2. The maximum Gasteiger partial charge on any atom is 0.294 e. The van der Waals surface area contributed by atoms with Gasteiger partial charge in [-0.3, -0.25) is 9.11 Å². The van der Waals surface area contributed by atoms with Crippen LogP contribution in [-0.2, 0) is 20.2 Å². The van der Waals surface area contributed by atoms with E-state index in [1.54, 1.807) is 12.1 Å². The fraction of sp³-hybridized carbons (Fsp3) is 0.222. The van der Waals surface area contributed by atoms with Crippen LogP contribution in [0.4, 0.5) is 11.4 Å². The first kappa shape index (κ1) is 21.5. The van der Waals surface area contributed by atoms with Crippen molar-refractivity contribution in [2.45, 2.75) is 33.4 Å². The second kappa shape index (κ2) is 7.46. The van der Waals surface area contributed by atoms with E-state index < -0.39 is 20.2 Å². The van der Waals surface area contributed by atoms with Gasteiger partial charge in [-0.1, -0.05) is 23.5 Å². The lowest BCUT2D eigenvalue weighted by atomic mass is 10.3. The Hall–Kier alpha value is -1.70. The number of thioether (sulfide) groups is 2. The monoisotopic (exact) mass is 486 g/mol. The third-order valence-electron chi connectivity index (χ3n) is 4.76. The molecule has 0 bridgehead atoms. The van der Waals surface area contributed by atoms with Crippen LogP contribution in [0.2, 0.25) is 0 Å². The van der Waals surface area contributed by atoms with Crippen molar-refractivity contribution in [1.82, 2.24) is 0 Å². The summed E-state index contributed by atoms with van der Waals surface area (Å²) >= 11 is 2.79. The molecule has 0 amide bonds. The van der Waals surface area contributed by atoms with Crippen LogP contribution >= 0.6 is 23.5 Å². The Morgan fingerprint density at radius 1 is 0.733 bits per heavy atom. The molecule has 8 nitrogen and oxygen atoms in total. The van der Waals surface area contributed by atoms with E-state index in [0.29, 0.717) is 22.9 Å². The van der Waals surface area contributed by atoms with Gasteiger partial charge < -0.3 is 9.80 Å². The molecule has 0 atom stereocenters. The van der Waals surface area contributed by atoms with Crippen LogP contribution in [0.3, 0.4) is 0 Å². The molecule has 2 aromatic rings. The van der Waals surface area contributed by atoms with E-state index in [9.17, 15) is 25.9 Å². The van der Waals surface area contributed by atoms with Gasteiger partial charge in [-0.25, -0.2) is 0 Å². The minimum atomic E-state index is -4.31. The molecule has 0 saturated heterocycles. The highest BCUT2D eigenvalue weighted by Crippen LogP contribution is 2.55. The average Bonchev–Trinajstić information content (AvgIpc) is 3.22. The molecule has 2 aromatic carbocycles. The number of fused-ring (bicyclic) bond motifs is 2. The number of nitrogens with zero attached hydrogens (tertiary/aromatic N) is 2. The Balaban J connectivity index is 1.81. The van der Waals surface area contributed by atoms with Crippen LogP contribution in [0, 0.1) is 0 Å². The summed E-state index contributed by atoms with van der Waals surface area (Å²) in [6, 6.07) is 8.98. The number of rotatable bonds is 4. The second-order valence-corrected chi connectivity index (χ2v) is 11.4. The smallest absolute Gasteiger partial charge is 0.294 e. The average molecular weight is 487 g/mol. The predicted octanol–water partition coefficient (Wildman–Crippen LogP) is 3.87. The number of hydrogen-bond donors (Lipinski definition) is 2. The molecule has 0 aromatic heterocycles. The van der Waals surface area contributed by atoms with E-state index >= 15 is 0 Å². The number of benzene rings is 2. The van der Waals surface area contributed by atoms with Crippen molar-refractivity contribution in [3.63, 3.8) is 0 Å². The lowest BCUT2D eigenvalue weighted by molar-refractivity contribution is 0.480. The molecule has 2 aliphatic rings. The van der Waals surface area contributed by atoms with Gasteiger partial charge in [-0.15, -0.1) is 0 Å². The number of anilines is 2. The van der Waals surface area contributed by atoms with Gasteiger partial charge in [0.15, 0.2) is 0 Å². The highest BCUT2D eigenvalue weighted by atomic mass is 32.2. The SMILES string of the molecule is CCN1/C(=C2\Sc3cc(S(=O)(=O)O)ccc3N2CC)Sc2cc(S(=O)(=O)O)ccc21. The molecule has 2 heterocycles. The van der Waals surface area contributed by atoms with Gasteiger partial charge in [0, 0.05) is 22.9 Å². The highest BCUT2D eigenvalue weighted by molar-refractivity contribution is 8.07. The fourth-order valence-corrected chi connectivity index (χ4v) is 7.24. The van der Waals surface area contributed by atoms with Crippen LogP contribution in [0.1, 0.15) is 13.8 Å². The zero-order valence-electron chi connectivity index (χ0n) is 15.9. The van der Waals surface area contributed by atoms with Crippen LogP contribution in [0.15, 0.2) is 66.0 Å². The van der Waals surface area contributed by atoms with Crippen LogP contribution < -0.4 is 9.80 Å². The van der Waals surface area contributed by atoms with Crippen molar-refractivity contribution in [2.24, 2.45) is 0 Å². The van der Waals surface area contributed by atoms with Gasteiger partial charge in [0.2, 0.25) is 0 Å². The first-order chi connectivity index (χ1) is 14.0. The van der Waals surface area contributed by atoms with Gasteiger partial charge in [-0.2, -0.15) is 16.8 Å². The van der Waals surface area contributed by atoms with Gasteiger partial charge >= 0.3 is 0 Å². The Kier molecular flexibility index (Phi) is 5.36. The van der Waals surface area contributed by atoms with Gasteiger partial charge in [0.05, 0.1) is 21.2 Å². The summed E-state index contributed by atoms with van der Waals surface area (Å²) in [6.45, 7) is 5.22. The second-order valence-electron chi connectivity index (χ2n) is 6.51. The molecule has 160 valence electrons. The molecule has 0 unspecified atom stereocenters. The van der Waals surface area contributed by atoms with E-state index in [-0.39, 0.29) is 9.79 Å². The molecular formula is C18H18N2O6S4. The van der Waals surface area contributed by atoms with Crippen molar-refractivity contribution >= 4 is 55.1 Å². The van der Waals surface area contributed by atoms with E-state index in [2.05, 4.69) is 0 Å². The van der Waals surface area contributed by atoms with Gasteiger partial charge in [0.1, 0.15) is 10.1 Å². The van der Waals surface area contributed by atoms with Crippen molar-refractivity contribution in [3.05, 3.63) is 46.5 Å². The van der Waals surface area contributed by atoms with E-state index in [1.165, 1.54) is 47.8 Å². The maximum absolute atomic E-state index is 11.5. The quantitative estimate of drug-likeness (QED) is 0.617. The molecule has 30 heavy (non-hydrogen) atoms. The molecule has 2 N–H and O–H groups in total. The lowest BCUT2D eigenvalue weighted by Gasteiger charge is -2.24. The molecule has 0 fully saturated rings.